The van der Waals surface area contributed by atoms with Gasteiger partial charge in [0.25, 0.3) is 0 Å². The van der Waals surface area contributed by atoms with Crippen LogP contribution >= 0.6 is 0 Å². The van der Waals surface area contributed by atoms with Crippen LogP contribution in [0.4, 0.5) is 0 Å². The fourth-order valence-corrected chi connectivity index (χ4v) is 2.76. The first-order chi connectivity index (χ1) is 9.00. The maximum absolute atomic E-state index is 3.44. The van der Waals surface area contributed by atoms with Gasteiger partial charge in [0, 0.05) is 38.9 Å². The van der Waals surface area contributed by atoms with Crippen LogP contribution in [0.3, 0.4) is 0 Å². The number of hydrogen-bond acceptors (Lipinski definition) is 7. The van der Waals surface area contributed by atoms with Crippen molar-refractivity contribution in [1.29, 1.82) is 0 Å². The molecule has 0 aromatic carbocycles. The SMILES string of the molecule is CN1C=CN(C)N2[C]N3B(N(C)C=CN3C)N(C)B12. The second-order valence-electron chi connectivity index (χ2n) is 5.22. The van der Waals surface area contributed by atoms with E-state index in [0.29, 0.717) is 0 Å². The van der Waals surface area contributed by atoms with Crippen LogP contribution in [-0.4, -0.2) is 83.7 Å². The molecule has 0 amide bonds. The zero-order chi connectivity index (χ0) is 13.7. The van der Waals surface area contributed by atoms with E-state index >= 15 is 0 Å². The first-order valence-corrected chi connectivity index (χ1v) is 6.33. The van der Waals surface area contributed by atoms with Crippen LogP contribution in [0.25, 0.3) is 0 Å². The lowest BCUT2D eigenvalue weighted by atomic mass is 9.68. The molecule has 2 radical (unpaired) electrons. The van der Waals surface area contributed by atoms with Crippen LogP contribution in [-0.2, 0) is 0 Å². The molecular weight excluding hydrogens is 240 g/mol. The Hall–Kier alpha value is -1.31. The molecular formula is C10H19B2N7. The molecule has 3 aliphatic rings. The van der Waals surface area contributed by atoms with Gasteiger partial charge >= 0.3 is 14.2 Å². The van der Waals surface area contributed by atoms with Gasteiger partial charge in [-0.2, -0.15) is 9.84 Å². The number of hydrazine groups is 2. The predicted octanol–water partition coefficient (Wildman–Crippen LogP) is -0.971. The molecule has 3 heterocycles. The van der Waals surface area contributed by atoms with E-state index in [1.54, 1.807) is 0 Å². The Kier molecular flexibility index (Phi) is 2.92. The van der Waals surface area contributed by atoms with Gasteiger partial charge in [-0.25, -0.2) is 0 Å². The molecule has 1 saturated heterocycles. The van der Waals surface area contributed by atoms with Gasteiger partial charge in [0.05, 0.1) is 0 Å². The lowest BCUT2D eigenvalue weighted by Gasteiger charge is -2.56. The van der Waals surface area contributed by atoms with Crippen LogP contribution in [0.2, 0.25) is 0 Å². The Balaban J connectivity index is 1.95. The summed E-state index contributed by atoms with van der Waals surface area (Å²) in [6.07, 6.45) is 8.22. The third kappa shape index (κ3) is 1.80. The normalized spacial score (nSPS) is 25.3. The van der Waals surface area contributed by atoms with Crippen molar-refractivity contribution >= 4 is 14.2 Å². The Morgan fingerprint density at radius 3 is 1.53 bits per heavy atom. The van der Waals surface area contributed by atoms with Crippen molar-refractivity contribution < 1.29 is 0 Å². The highest BCUT2D eigenvalue weighted by molar-refractivity contribution is 6.68. The van der Waals surface area contributed by atoms with Crippen molar-refractivity contribution in [2.75, 3.05) is 35.2 Å². The van der Waals surface area contributed by atoms with E-state index in [0.717, 1.165) is 0 Å². The summed E-state index contributed by atoms with van der Waals surface area (Å²) in [6.45, 7) is 3.44. The highest BCUT2D eigenvalue weighted by Gasteiger charge is 2.53. The molecule has 9 heteroatoms. The molecule has 7 nitrogen and oxygen atoms in total. The molecule has 0 N–H and O–H groups in total. The van der Waals surface area contributed by atoms with Crippen molar-refractivity contribution in [2.24, 2.45) is 0 Å². The van der Waals surface area contributed by atoms with Crippen molar-refractivity contribution in [3.63, 3.8) is 0 Å². The molecule has 0 atom stereocenters. The topological polar surface area (TPSA) is 22.7 Å². The van der Waals surface area contributed by atoms with Gasteiger partial charge in [-0.1, -0.05) is 0 Å². The Morgan fingerprint density at radius 2 is 1.11 bits per heavy atom. The Labute approximate surface area is 116 Å². The molecule has 3 rings (SSSR count). The first-order valence-electron chi connectivity index (χ1n) is 6.33. The summed E-state index contributed by atoms with van der Waals surface area (Å²) in [5.74, 6) is 0. The molecule has 1 fully saturated rings. The summed E-state index contributed by atoms with van der Waals surface area (Å²) in [5, 5.41) is 4.09. The maximum Gasteiger partial charge on any atom is 0.448 e. The average molecular weight is 259 g/mol. The van der Waals surface area contributed by atoms with Crippen molar-refractivity contribution in [3.05, 3.63) is 31.5 Å². The van der Waals surface area contributed by atoms with E-state index < -0.39 is 0 Å². The minimum Gasteiger partial charge on any atom is -0.394 e. The lowest BCUT2D eigenvalue weighted by molar-refractivity contribution is 0.0280. The summed E-state index contributed by atoms with van der Waals surface area (Å²) < 4.78 is 2.30. The van der Waals surface area contributed by atoms with Crippen molar-refractivity contribution in [1.82, 2.24) is 34.2 Å². The van der Waals surface area contributed by atoms with E-state index in [2.05, 4.69) is 64.4 Å². The van der Waals surface area contributed by atoms with Gasteiger partial charge in [-0.3, -0.25) is 0 Å². The summed E-state index contributed by atoms with van der Waals surface area (Å²) in [7, 11) is 10.6. The number of nitrogens with zero attached hydrogens (tertiary/aromatic N) is 7. The van der Waals surface area contributed by atoms with E-state index in [-0.39, 0.29) is 14.2 Å². The number of hydrogen-bond donors (Lipinski definition) is 0. The quantitative estimate of drug-likeness (QED) is 0.515. The smallest absolute Gasteiger partial charge is 0.394 e. The zero-order valence-electron chi connectivity index (χ0n) is 12.1. The molecule has 0 bridgehead atoms. The lowest BCUT2D eigenvalue weighted by Crippen LogP contribution is -2.79. The van der Waals surface area contributed by atoms with E-state index in [1.807, 2.05) is 36.5 Å². The standard InChI is InChI=1S/C10H19B2N7/c1-13-6-8-15(3)18-10-19-12(17(5)11(13)18)14(2)7-9-16(19)4/h6-9H,1-5H3. The maximum atomic E-state index is 3.44. The van der Waals surface area contributed by atoms with Crippen LogP contribution in [0.15, 0.2) is 24.8 Å². The molecule has 3 aliphatic heterocycles. The molecule has 0 unspecified atom stereocenters. The predicted molar refractivity (Wildman–Crippen MR) is 75.5 cm³/mol. The second-order valence-corrected chi connectivity index (χ2v) is 5.22. The third-order valence-corrected chi connectivity index (χ3v) is 3.81. The van der Waals surface area contributed by atoms with E-state index in [4.69, 9.17) is 0 Å². The van der Waals surface area contributed by atoms with Gasteiger partial charge in [-0.15, -0.1) is 0 Å². The summed E-state index contributed by atoms with van der Waals surface area (Å²) >= 11 is 0. The fraction of sp³-hybridized carbons (Fsp3) is 0.500. The van der Waals surface area contributed by atoms with Crippen LogP contribution < -0.4 is 0 Å². The molecule has 0 aromatic rings. The molecule has 100 valence electrons. The second kappa shape index (κ2) is 4.36. The van der Waals surface area contributed by atoms with Gasteiger partial charge < -0.3 is 24.4 Å². The zero-order valence-corrected chi connectivity index (χ0v) is 12.1. The minimum atomic E-state index is 0.124. The Bertz CT molecular complexity index is 381. The third-order valence-electron chi connectivity index (χ3n) is 3.81. The molecule has 0 saturated carbocycles. The first kappa shape index (κ1) is 12.7. The molecule has 0 aromatic heterocycles. The van der Waals surface area contributed by atoms with Crippen LogP contribution in [0.1, 0.15) is 0 Å². The van der Waals surface area contributed by atoms with Gasteiger partial charge in [0.2, 0.25) is 0 Å². The number of rotatable bonds is 0. The van der Waals surface area contributed by atoms with Crippen LogP contribution in [0, 0.1) is 6.67 Å². The molecule has 0 aliphatic carbocycles. The van der Waals surface area contributed by atoms with Gasteiger partial charge in [-0.05, 0) is 21.1 Å². The largest absolute Gasteiger partial charge is 0.448 e. The number of fused-ring (bicyclic) bond motifs is 2. The van der Waals surface area contributed by atoms with E-state index in [1.165, 1.54) is 0 Å². The summed E-state index contributed by atoms with van der Waals surface area (Å²) in [5.41, 5.74) is 0. The fourth-order valence-electron chi connectivity index (χ4n) is 2.76. The average Bonchev–Trinajstić information content (AvgIpc) is 2.38. The highest BCUT2D eigenvalue weighted by atomic mass is 15.8. The Morgan fingerprint density at radius 1 is 0.684 bits per heavy atom. The summed E-state index contributed by atoms with van der Waals surface area (Å²) in [6, 6.07) is 0. The monoisotopic (exact) mass is 259 g/mol. The molecule has 19 heavy (non-hydrogen) atoms. The summed E-state index contributed by atoms with van der Waals surface area (Å²) in [4.78, 5) is 8.52. The minimum absolute atomic E-state index is 0.124. The highest BCUT2D eigenvalue weighted by Crippen LogP contribution is 2.27. The van der Waals surface area contributed by atoms with Gasteiger partial charge in [0.1, 0.15) is 0 Å². The van der Waals surface area contributed by atoms with Crippen molar-refractivity contribution in [3.8, 4) is 0 Å². The molecule has 0 spiro atoms. The van der Waals surface area contributed by atoms with Gasteiger partial charge in [0.15, 0.2) is 6.67 Å². The van der Waals surface area contributed by atoms with E-state index in [9.17, 15) is 0 Å². The van der Waals surface area contributed by atoms with Crippen molar-refractivity contribution in [2.45, 2.75) is 0 Å². The van der Waals surface area contributed by atoms with Crippen LogP contribution in [0.5, 0.6) is 0 Å².